The molecule has 3 rings (SSSR count). The van der Waals surface area contributed by atoms with E-state index < -0.39 is 54.1 Å². The Morgan fingerprint density at radius 3 is 2.40 bits per heavy atom. The Kier molecular flexibility index (Phi) is 7.35. The van der Waals surface area contributed by atoms with E-state index in [4.69, 9.17) is 19.8 Å². The summed E-state index contributed by atoms with van der Waals surface area (Å²) in [6, 6.07) is 9.90. The van der Waals surface area contributed by atoms with Gasteiger partial charge in [0.05, 0.1) is 23.7 Å². The summed E-state index contributed by atoms with van der Waals surface area (Å²) >= 11 is 0. The van der Waals surface area contributed by atoms with E-state index in [9.17, 15) is 31.1 Å². The number of nitriles is 1. The molecule has 13 heteroatoms. The number of amides is 1. The molecule has 0 aliphatic carbocycles. The van der Waals surface area contributed by atoms with Crippen LogP contribution in [0.25, 0.3) is 0 Å². The van der Waals surface area contributed by atoms with Gasteiger partial charge in [0, 0.05) is 19.3 Å². The van der Waals surface area contributed by atoms with Crippen LogP contribution in [0, 0.1) is 11.3 Å². The van der Waals surface area contributed by atoms with Crippen LogP contribution in [0.1, 0.15) is 16.7 Å². The van der Waals surface area contributed by atoms with E-state index in [2.05, 4.69) is 0 Å². The van der Waals surface area contributed by atoms with Gasteiger partial charge in [-0.05, 0) is 35.9 Å². The van der Waals surface area contributed by atoms with Crippen molar-refractivity contribution in [3.8, 4) is 11.8 Å². The maximum absolute atomic E-state index is 13.6. The van der Waals surface area contributed by atoms with Gasteiger partial charge in [0.25, 0.3) is 0 Å². The molecule has 2 aromatic rings. The second kappa shape index (κ2) is 9.91. The minimum absolute atomic E-state index is 0.119. The Balaban J connectivity index is 1.73. The lowest BCUT2D eigenvalue weighted by Crippen LogP contribution is -2.42. The number of benzene rings is 2. The molecule has 1 saturated heterocycles. The molecule has 1 amide bonds. The highest BCUT2D eigenvalue weighted by molar-refractivity contribution is 5.64. The summed E-state index contributed by atoms with van der Waals surface area (Å²) in [5.41, 5.74) is -1.79. The largest absolute Gasteiger partial charge is 0.491 e. The first-order valence-corrected chi connectivity index (χ1v) is 10.1. The highest BCUT2D eigenvalue weighted by Crippen LogP contribution is 2.39. The average molecular weight is 503 g/mol. The van der Waals surface area contributed by atoms with Gasteiger partial charge in [-0.2, -0.15) is 31.6 Å². The van der Waals surface area contributed by atoms with Gasteiger partial charge < -0.3 is 24.4 Å². The first kappa shape index (κ1) is 26.0. The summed E-state index contributed by atoms with van der Waals surface area (Å²) in [4.78, 5) is 12.6. The van der Waals surface area contributed by atoms with Crippen LogP contribution < -0.4 is 9.64 Å². The monoisotopic (exact) mass is 503 g/mol. The standard InChI is InChI=1S/C22H19F6N3O4/c1-30(20(32)33)10-13-2-6-16(7-3-13)34-12-17-11-31(19(35-17)22(26,27)28)15-5-4-14(9-29)18(8-15)21(23,24)25/h2-8,17,19H,10-12H2,1H3,(H,32,33)/t17-,19+/m0/s1. The Bertz CT molecular complexity index is 1100. The number of hydrogen-bond donors (Lipinski definition) is 1. The second-order valence-electron chi connectivity index (χ2n) is 7.74. The van der Waals surface area contributed by atoms with Gasteiger partial charge in [-0.25, -0.2) is 4.79 Å². The molecular formula is C22H19F6N3O4. The van der Waals surface area contributed by atoms with E-state index in [0.29, 0.717) is 16.5 Å². The summed E-state index contributed by atoms with van der Waals surface area (Å²) in [5.74, 6) is 0.287. The van der Waals surface area contributed by atoms with Crippen LogP contribution in [0.2, 0.25) is 0 Å². The van der Waals surface area contributed by atoms with Crippen molar-refractivity contribution in [2.24, 2.45) is 0 Å². The predicted octanol–water partition coefficient (Wildman–Crippen LogP) is 4.86. The molecule has 188 valence electrons. The lowest BCUT2D eigenvalue weighted by Gasteiger charge is -2.27. The van der Waals surface area contributed by atoms with E-state index in [1.807, 2.05) is 0 Å². The third kappa shape index (κ3) is 6.27. The molecule has 1 heterocycles. The van der Waals surface area contributed by atoms with Gasteiger partial charge >= 0.3 is 18.4 Å². The van der Waals surface area contributed by atoms with Gasteiger partial charge in [-0.1, -0.05) is 12.1 Å². The van der Waals surface area contributed by atoms with Crippen LogP contribution >= 0.6 is 0 Å². The first-order valence-electron chi connectivity index (χ1n) is 10.1. The molecule has 0 unspecified atom stereocenters. The molecule has 0 radical (unpaired) electrons. The van der Waals surface area contributed by atoms with Crippen LogP contribution in [-0.4, -0.2) is 54.8 Å². The van der Waals surface area contributed by atoms with Crippen molar-refractivity contribution < 1.29 is 45.7 Å². The summed E-state index contributed by atoms with van der Waals surface area (Å²) in [7, 11) is 1.39. The molecule has 0 saturated carbocycles. The molecule has 2 atom stereocenters. The number of anilines is 1. The highest BCUT2D eigenvalue weighted by atomic mass is 19.4. The van der Waals surface area contributed by atoms with Crippen LogP contribution in [-0.2, 0) is 17.5 Å². The molecule has 2 aromatic carbocycles. The molecule has 0 bridgehead atoms. The number of nitrogens with zero attached hydrogens (tertiary/aromatic N) is 3. The van der Waals surface area contributed by atoms with Gasteiger partial charge in [0.2, 0.25) is 6.23 Å². The lowest BCUT2D eigenvalue weighted by atomic mass is 10.1. The second-order valence-corrected chi connectivity index (χ2v) is 7.74. The number of alkyl halides is 6. The molecule has 0 aromatic heterocycles. The topological polar surface area (TPSA) is 86.0 Å². The van der Waals surface area contributed by atoms with Crippen molar-refractivity contribution in [3.63, 3.8) is 0 Å². The number of carbonyl (C=O) groups is 1. The van der Waals surface area contributed by atoms with E-state index in [-0.39, 0.29) is 18.9 Å². The van der Waals surface area contributed by atoms with Crippen LogP contribution in [0.15, 0.2) is 42.5 Å². The Labute approximate surface area is 195 Å². The number of rotatable bonds is 6. The van der Waals surface area contributed by atoms with Crippen LogP contribution in [0.3, 0.4) is 0 Å². The fraction of sp³-hybridized carbons (Fsp3) is 0.364. The summed E-state index contributed by atoms with van der Waals surface area (Å²) in [5, 5.41) is 17.8. The molecular weight excluding hydrogens is 484 g/mol. The highest BCUT2D eigenvalue weighted by Gasteiger charge is 2.51. The number of ether oxygens (including phenoxy) is 2. The van der Waals surface area contributed by atoms with Crippen molar-refractivity contribution in [2.75, 3.05) is 25.1 Å². The summed E-state index contributed by atoms with van der Waals surface area (Å²) < 4.78 is 91.2. The van der Waals surface area contributed by atoms with E-state index in [1.54, 1.807) is 12.1 Å². The zero-order chi connectivity index (χ0) is 26.0. The Hall–Kier alpha value is -3.66. The quantitative estimate of drug-likeness (QED) is 0.567. The fourth-order valence-corrected chi connectivity index (χ4v) is 3.47. The van der Waals surface area contributed by atoms with Crippen molar-refractivity contribution in [2.45, 2.75) is 31.2 Å². The van der Waals surface area contributed by atoms with Crippen molar-refractivity contribution >= 4 is 11.8 Å². The summed E-state index contributed by atoms with van der Waals surface area (Å²) in [6.07, 6.45) is -14.6. The van der Waals surface area contributed by atoms with Crippen LogP contribution in [0.5, 0.6) is 5.75 Å². The van der Waals surface area contributed by atoms with Crippen LogP contribution in [0.4, 0.5) is 36.8 Å². The maximum Gasteiger partial charge on any atom is 0.433 e. The maximum atomic E-state index is 13.6. The fourth-order valence-electron chi connectivity index (χ4n) is 3.47. The minimum Gasteiger partial charge on any atom is -0.491 e. The minimum atomic E-state index is -4.93. The molecule has 0 spiro atoms. The Morgan fingerprint density at radius 2 is 1.86 bits per heavy atom. The van der Waals surface area contributed by atoms with Gasteiger partial charge in [0.1, 0.15) is 18.5 Å². The van der Waals surface area contributed by atoms with E-state index in [0.717, 1.165) is 17.0 Å². The normalized spacial score (nSPS) is 18.3. The van der Waals surface area contributed by atoms with E-state index >= 15 is 0 Å². The number of hydrogen-bond acceptors (Lipinski definition) is 5. The Morgan fingerprint density at radius 1 is 1.20 bits per heavy atom. The first-order chi connectivity index (χ1) is 16.3. The third-order valence-corrected chi connectivity index (χ3v) is 5.15. The zero-order valence-electron chi connectivity index (χ0n) is 18.1. The lowest BCUT2D eigenvalue weighted by molar-refractivity contribution is -0.215. The molecule has 1 fully saturated rings. The zero-order valence-corrected chi connectivity index (χ0v) is 18.1. The average Bonchev–Trinajstić information content (AvgIpc) is 3.22. The van der Waals surface area contributed by atoms with Gasteiger partial charge in [-0.15, -0.1) is 0 Å². The van der Waals surface area contributed by atoms with Crippen molar-refractivity contribution in [1.82, 2.24) is 4.90 Å². The molecule has 35 heavy (non-hydrogen) atoms. The van der Waals surface area contributed by atoms with Crippen molar-refractivity contribution in [1.29, 1.82) is 5.26 Å². The van der Waals surface area contributed by atoms with E-state index in [1.165, 1.54) is 25.2 Å². The SMILES string of the molecule is CN(Cc1ccc(OC[C@@H]2CN(c3ccc(C#N)c(C(F)(F)F)c3)[C@@H](C(F)(F)F)O2)cc1)C(=O)O. The van der Waals surface area contributed by atoms with Gasteiger partial charge in [-0.3, -0.25) is 0 Å². The predicted molar refractivity (Wildman–Crippen MR) is 110 cm³/mol. The van der Waals surface area contributed by atoms with Gasteiger partial charge in [0.15, 0.2) is 0 Å². The summed E-state index contributed by atoms with van der Waals surface area (Å²) in [6.45, 7) is -0.608. The van der Waals surface area contributed by atoms with Crippen molar-refractivity contribution in [3.05, 3.63) is 59.2 Å². The smallest absolute Gasteiger partial charge is 0.433 e. The molecule has 1 aliphatic heterocycles. The number of carboxylic acid groups (broad SMARTS) is 1. The number of halogens is 6. The molecule has 7 nitrogen and oxygen atoms in total. The third-order valence-electron chi connectivity index (χ3n) is 5.15. The molecule has 1 aliphatic rings. The molecule has 1 N–H and O–H groups in total.